The van der Waals surface area contributed by atoms with Gasteiger partial charge in [-0.05, 0) is 42.5 Å². The van der Waals surface area contributed by atoms with Crippen LogP contribution in [0.5, 0.6) is 5.75 Å². The molecule has 1 aromatic carbocycles. The zero-order valence-corrected chi connectivity index (χ0v) is 17.8. The van der Waals surface area contributed by atoms with Crippen LogP contribution in [0.2, 0.25) is 5.02 Å². The van der Waals surface area contributed by atoms with Crippen LogP contribution in [-0.4, -0.2) is 49.0 Å². The molecular formula is C20H19ClF2N2O5S. The van der Waals surface area contributed by atoms with Gasteiger partial charge in [-0.15, -0.1) is 11.3 Å². The first-order valence-corrected chi connectivity index (χ1v) is 10.6. The molecule has 1 aliphatic rings. The first-order chi connectivity index (χ1) is 14.8. The normalized spacial score (nSPS) is 14.4. The van der Waals surface area contributed by atoms with Gasteiger partial charge in [-0.3, -0.25) is 14.4 Å². The predicted octanol–water partition coefficient (Wildman–Crippen LogP) is 4.04. The Bertz CT molecular complexity index is 934. The summed E-state index contributed by atoms with van der Waals surface area (Å²) in [6, 6.07) is 7.36. The van der Waals surface area contributed by atoms with Gasteiger partial charge in [0.1, 0.15) is 5.75 Å². The number of benzene rings is 1. The Morgan fingerprint density at radius 2 is 1.97 bits per heavy atom. The minimum atomic E-state index is -3.02. The molecular weight excluding hydrogens is 454 g/mol. The Morgan fingerprint density at radius 1 is 1.23 bits per heavy atom. The number of halogens is 3. The van der Waals surface area contributed by atoms with Crippen molar-refractivity contribution in [2.45, 2.75) is 19.5 Å². The molecule has 31 heavy (non-hydrogen) atoms. The molecule has 166 valence electrons. The molecule has 1 aromatic heterocycles. The van der Waals surface area contributed by atoms with Crippen LogP contribution in [0.25, 0.3) is 0 Å². The molecule has 1 saturated heterocycles. The highest BCUT2D eigenvalue weighted by Crippen LogP contribution is 2.29. The number of rotatable bonds is 7. The molecule has 3 rings (SSSR count). The van der Waals surface area contributed by atoms with Crippen LogP contribution in [0, 0.1) is 5.92 Å². The van der Waals surface area contributed by atoms with Gasteiger partial charge in [0.05, 0.1) is 15.8 Å². The first-order valence-electron chi connectivity index (χ1n) is 9.37. The highest BCUT2D eigenvalue weighted by atomic mass is 35.5. The third-order valence-corrected chi connectivity index (χ3v) is 5.78. The van der Waals surface area contributed by atoms with Gasteiger partial charge < -0.3 is 19.7 Å². The van der Waals surface area contributed by atoms with Crippen LogP contribution in [0.3, 0.4) is 0 Å². The van der Waals surface area contributed by atoms with E-state index in [9.17, 15) is 23.2 Å². The SMILES string of the molecule is O=C(COC(=O)C1CCN(C(=O)c2cccs2)CC1)Nc1ccc(OC(F)F)c(Cl)c1. The number of amides is 2. The van der Waals surface area contributed by atoms with Gasteiger partial charge in [0.25, 0.3) is 11.8 Å². The van der Waals surface area contributed by atoms with E-state index < -0.39 is 25.1 Å². The Balaban J connectivity index is 1.42. The number of thiophene rings is 1. The lowest BCUT2D eigenvalue weighted by Gasteiger charge is -2.30. The van der Waals surface area contributed by atoms with Crippen LogP contribution < -0.4 is 10.1 Å². The molecule has 1 fully saturated rings. The largest absolute Gasteiger partial charge is 0.455 e. The number of nitrogens with zero attached hydrogens (tertiary/aromatic N) is 1. The fourth-order valence-corrected chi connectivity index (χ4v) is 4.01. The first kappa shape index (κ1) is 23.0. The van der Waals surface area contributed by atoms with E-state index in [4.69, 9.17) is 16.3 Å². The molecule has 7 nitrogen and oxygen atoms in total. The van der Waals surface area contributed by atoms with E-state index in [2.05, 4.69) is 10.1 Å². The van der Waals surface area contributed by atoms with Crippen molar-refractivity contribution in [1.82, 2.24) is 4.90 Å². The molecule has 0 unspecified atom stereocenters. The maximum Gasteiger partial charge on any atom is 0.387 e. The molecule has 2 heterocycles. The van der Waals surface area contributed by atoms with E-state index in [1.807, 2.05) is 11.4 Å². The van der Waals surface area contributed by atoms with Crippen molar-refractivity contribution >= 4 is 46.4 Å². The van der Waals surface area contributed by atoms with Gasteiger partial charge in [0.15, 0.2) is 6.61 Å². The summed E-state index contributed by atoms with van der Waals surface area (Å²) in [4.78, 5) is 39.0. The second-order valence-corrected chi connectivity index (χ2v) is 8.08. The zero-order chi connectivity index (χ0) is 22.4. The maximum absolute atomic E-state index is 12.3. The number of likely N-dealkylation sites (tertiary alicyclic amines) is 1. The standard InChI is InChI=1S/C20H19ClF2N2O5S/c21-14-10-13(3-4-15(14)30-20(22)23)24-17(26)11-29-19(28)12-5-7-25(8-6-12)18(27)16-2-1-9-31-16/h1-4,9-10,12,20H,5-8,11H2,(H,24,26). The number of carbonyl (C=O) groups is 3. The summed E-state index contributed by atoms with van der Waals surface area (Å²) in [6.07, 6.45) is 0.914. The van der Waals surface area contributed by atoms with Crippen molar-refractivity contribution in [2.75, 3.05) is 25.0 Å². The van der Waals surface area contributed by atoms with Gasteiger partial charge >= 0.3 is 12.6 Å². The number of carbonyl (C=O) groups excluding carboxylic acids is 3. The fourth-order valence-electron chi connectivity index (χ4n) is 3.10. The molecule has 2 aromatic rings. The highest BCUT2D eigenvalue weighted by molar-refractivity contribution is 7.12. The fraction of sp³-hybridized carbons (Fsp3) is 0.350. The Labute approximate surface area is 185 Å². The van der Waals surface area contributed by atoms with Crippen LogP contribution in [0.15, 0.2) is 35.7 Å². The van der Waals surface area contributed by atoms with E-state index >= 15 is 0 Å². The van der Waals surface area contributed by atoms with E-state index in [-0.39, 0.29) is 28.3 Å². The summed E-state index contributed by atoms with van der Waals surface area (Å²) >= 11 is 7.20. The molecule has 1 aliphatic heterocycles. The monoisotopic (exact) mass is 472 g/mol. The number of piperidine rings is 1. The van der Waals surface area contributed by atoms with E-state index in [1.54, 1.807) is 11.0 Å². The second-order valence-electron chi connectivity index (χ2n) is 6.72. The van der Waals surface area contributed by atoms with E-state index in [0.29, 0.717) is 30.8 Å². The number of hydrogen-bond acceptors (Lipinski definition) is 6. The predicted molar refractivity (Wildman–Crippen MR) is 111 cm³/mol. The lowest BCUT2D eigenvalue weighted by molar-refractivity contribution is -0.152. The van der Waals surface area contributed by atoms with Gasteiger partial charge in [-0.2, -0.15) is 8.78 Å². The van der Waals surface area contributed by atoms with Crippen LogP contribution in [0.4, 0.5) is 14.5 Å². The molecule has 2 amide bonds. The molecule has 0 spiro atoms. The highest BCUT2D eigenvalue weighted by Gasteiger charge is 2.29. The lowest BCUT2D eigenvalue weighted by atomic mass is 9.97. The second kappa shape index (κ2) is 10.5. The molecule has 11 heteroatoms. The van der Waals surface area contributed by atoms with Crippen molar-refractivity contribution in [3.8, 4) is 5.75 Å². The van der Waals surface area contributed by atoms with Crippen LogP contribution in [0.1, 0.15) is 22.5 Å². The van der Waals surface area contributed by atoms with Crippen molar-refractivity contribution in [2.24, 2.45) is 5.92 Å². The summed E-state index contributed by atoms with van der Waals surface area (Å²) in [5.74, 6) is -1.76. The molecule has 0 radical (unpaired) electrons. The minimum Gasteiger partial charge on any atom is -0.455 e. The number of anilines is 1. The number of nitrogens with one attached hydrogen (secondary N) is 1. The average molecular weight is 473 g/mol. The lowest BCUT2D eigenvalue weighted by Crippen LogP contribution is -2.40. The Morgan fingerprint density at radius 3 is 2.58 bits per heavy atom. The van der Waals surface area contributed by atoms with Crippen LogP contribution >= 0.6 is 22.9 Å². The number of ether oxygens (including phenoxy) is 2. The molecule has 0 bridgehead atoms. The van der Waals surface area contributed by atoms with Gasteiger partial charge in [-0.25, -0.2) is 0 Å². The maximum atomic E-state index is 12.3. The molecule has 0 atom stereocenters. The number of esters is 1. The zero-order valence-electron chi connectivity index (χ0n) is 16.2. The summed E-state index contributed by atoms with van der Waals surface area (Å²) in [5, 5.41) is 4.20. The molecule has 0 saturated carbocycles. The third kappa shape index (κ3) is 6.38. The smallest absolute Gasteiger partial charge is 0.387 e. The topological polar surface area (TPSA) is 84.9 Å². The summed E-state index contributed by atoms with van der Waals surface area (Å²) in [7, 11) is 0. The summed E-state index contributed by atoms with van der Waals surface area (Å²) in [6.45, 7) is -2.64. The molecule has 0 aliphatic carbocycles. The molecule has 1 N–H and O–H groups in total. The van der Waals surface area contributed by atoms with Crippen molar-refractivity contribution < 1.29 is 32.6 Å². The average Bonchev–Trinajstić information content (AvgIpc) is 3.28. The van der Waals surface area contributed by atoms with Gasteiger partial charge in [0, 0.05) is 18.8 Å². The Kier molecular flexibility index (Phi) is 7.80. The summed E-state index contributed by atoms with van der Waals surface area (Å²) < 4.78 is 33.8. The van der Waals surface area contributed by atoms with Gasteiger partial charge in [-0.1, -0.05) is 17.7 Å². The van der Waals surface area contributed by atoms with Gasteiger partial charge in [0.2, 0.25) is 0 Å². The van der Waals surface area contributed by atoms with E-state index in [0.717, 1.165) is 0 Å². The van der Waals surface area contributed by atoms with Crippen molar-refractivity contribution in [3.05, 3.63) is 45.6 Å². The van der Waals surface area contributed by atoms with Crippen molar-refractivity contribution in [1.29, 1.82) is 0 Å². The number of alkyl halides is 2. The quantitative estimate of drug-likeness (QED) is 0.615. The third-order valence-electron chi connectivity index (χ3n) is 4.62. The number of hydrogen-bond donors (Lipinski definition) is 1. The van der Waals surface area contributed by atoms with E-state index in [1.165, 1.54) is 29.5 Å². The Hall–Kier alpha value is -2.72. The minimum absolute atomic E-state index is 0.0511. The van der Waals surface area contributed by atoms with Crippen molar-refractivity contribution in [3.63, 3.8) is 0 Å². The van der Waals surface area contributed by atoms with Crippen LogP contribution in [-0.2, 0) is 14.3 Å². The summed E-state index contributed by atoms with van der Waals surface area (Å²) in [5.41, 5.74) is 0.244.